The van der Waals surface area contributed by atoms with E-state index in [1.165, 1.54) is 37.4 Å². The third-order valence-electron chi connectivity index (χ3n) is 3.76. The van der Waals surface area contributed by atoms with Gasteiger partial charge >= 0.3 is 0 Å². The number of halogens is 2. The minimum absolute atomic E-state index is 0.0585. The van der Waals surface area contributed by atoms with Crippen molar-refractivity contribution in [2.75, 3.05) is 13.7 Å². The Kier molecular flexibility index (Phi) is 5.52. The van der Waals surface area contributed by atoms with E-state index in [4.69, 9.17) is 16.3 Å². The van der Waals surface area contributed by atoms with Crippen LogP contribution < -0.4 is 9.46 Å². The molecule has 0 radical (unpaired) electrons. The van der Waals surface area contributed by atoms with Crippen molar-refractivity contribution in [2.24, 2.45) is 0 Å². The summed E-state index contributed by atoms with van der Waals surface area (Å²) < 4.78 is 45.5. The maximum Gasteiger partial charge on any atom is 0.240 e. The molecule has 0 unspecified atom stereocenters. The molecule has 1 N–H and O–H groups in total. The minimum Gasteiger partial charge on any atom is -0.495 e. The summed E-state index contributed by atoms with van der Waals surface area (Å²) in [6, 6.07) is 10.3. The number of hydrogen-bond donors (Lipinski definition) is 1. The highest BCUT2D eigenvalue weighted by Crippen LogP contribution is 2.28. The largest absolute Gasteiger partial charge is 0.495 e. The monoisotopic (exact) mass is 371 g/mol. The van der Waals surface area contributed by atoms with Gasteiger partial charge in [0.15, 0.2) is 0 Å². The highest BCUT2D eigenvalue weighted by molar-refractivity contribution is 7.89. The number of hydrogen-bond acceptors (Lipinski definition) is 3. The van der Waals surface area contributed by atoms with Crippen molar-refractivity contribution < 1.29 is 17.5 Å². The second kappa shape index (κ2) is 7.09. The summed E-state index contributed by atoms with van der Waals surface area (Å²) in [5.41, 5.74) is 0.330. The Bertz CT molecular complexity index is 820. The van der Waals surface area contributed by atoms with Crippen molar-refractivity contribution in [2.45, 2.75) is 24.2 Å². The van der Waals surface area contributed by atoms with Crippen molar-refractivity contribution in [1.82, 2.24) is 4.72 Å². The second-order valence-corrected chi connectivity index (χ2v) is 8.19. The lowest BCUT2D eigenvalue weighted by Gasteiger charge is -2.25. The van der Waals surface area contributed by atoms with Crippen LogP contribution in [0.4, 0.5) is 4.39 Å². The first-order valence-corrected chi connectivity index (χ1v) is 9.11. The maximum absolute atomic E-state index is 13.0. The van der Waals surface area contributed by atoms with Gasteiger partial charge in [0.25, 0.3) is 0 Å². The molecule has 0 aromatic heterocycles. The van der Waals surface area contributed by atoms with Gasteiger partial charge < -0.3 is 4.74 Å². The van der Waals surface area contributed by atoms with E-state index in [9.17, 15) is 12.8 Å². The summed E-state index contributed by atoms with van der Waals surface area (Å²) in [5, 5.41) is 0.221. The van der Waals surface area contributed by atoms with Gasteiger partial charge in [-0.2, -0.15) is 0 Å². The van der Waals surface area contributed by atoms with E-state index in [-0.39, 0.29) is 22.3 Å². The lowest BCUT2D eigenvalue weighted by molar-refractivity contribution is 0.414. The first-order valence-electron chi connectivity index (χ1n) is 7.25. The van der Waals surface area contributed by atoms with Crippen molar-refractivity contribution in [3.8, 4) is 5.75 Å². The molecule has 7 heteroatoms. The van der Waals surface area contributed by atoms with Crippen LogP contribution >= 0.6 is 11.6 Å². The van der Waals surface area contributed by atoms with Gasteiger partial charge in [-0.1, -0.05) is 37.6 Å². The van der Waals surface area contributed by atoms with E-state index in [0.29, 0.717) is 5.75 Å². The third kappa shape index (κ3) is 4.26. The molecule has 24 heavy (non-hydrogen) atoms. The van der Waals surface area contributed by atoms with Crippen molar-refractivity contribution in [1.29, 1.82) is 0 Å². The van der Waals surface area contributed by atoms with Gasteiger partial charge in [0, 0.05) is 12.0 Å². The van der Waals surface area contributed by atoms with Crippen LogP contribution in [0.15, 0.2) is 47.4 Å². The number of methoxy groups -OCH3 is 1. The van der Waals surface area contributed by atoms with E-state index in [2.05, 4.69) is 4.72 Å². The molecule has 0 saturated heterocycles. The fraction of sp³-hybridized carbons (Fsp3) is 0.294. The third-order valence-corrected chi connectivity index (χ3v) is 5.46. The fourth-order valence-electron chi connectivity index (χ4n) is 2.18. The standard InChI is InChI=1S/C17H19ClFNO3S/c1-17(2,12-4-6-13(19)7-5-12)11-20-24(21,22)14-8-9-16(23-3)15(18)10-14/h4-10,20H,11H2,1-3H3. The fourth-order valence-corrected chi connectivity index (χ4v) is 3.74. The first-order chi connectivity index (χ1) is 11.2. The highest BCUT2D eigenvalue weighted by atomic mass is 35.5. The molecule has 0 saturated carbocycles. The van der Waals surface area contributed by atoms with E-state index in [1.54, 1.807) is 12.1 Å². The van der Waals surface area contributed by atoms with E-state index < -0.39 is 15.4 Å². The molecule has 2 rings (SSSR count). The molecule has 2 aromatic rings. The Morgan fingerprint density at radius 2 is 1.79 bits per heavy atom. The van der Waals surface area contributed by atoms with Gasteiger partial charge in [0.1, 0.15) is 11.6 Å². The molecule has 0 fully saturated rings. The highest BCUT2D eigenvalue weighted by Gasteiger charge is 2.24. The number of rotatable bonds is 6. The average molecular weight is 372 g/mol. The Morgan fingerprint density at radius 3 is 2.33 bits per heavy atom. The van der Waals surface area contributed by atoms with Crippen molar-refractivity contribution in [3.63, 3.8) is 0 Å². The van der Waals surface area contributed by atoms with Crippen LogP contribution in [0.2, 0.25) is 5.02 Å². The van der Waals surface area contributed by atoms with Gasteiger partial charge in [0.05, 0.1) is 17.0 Å². The summed E-state index contributed by atoms with van der Waals surface area (Å²) in [5.74, 6) is 0.0743. The summed E-state index contributed by atoms with van der Waals surface area (Å²) in [4.78, 5) is 0.0585. The van der Waals surface area contributed by atoms with Crippen LogP contribution in [0.3, 0.4) is 0 Å². The van der Waals surface area contributed by atoms with Crippen LogP contribution in [0.1, 0.15) is 19.4 Å². The second-order valence-electron chi connectivity index (χ2n) is 6.01. The molecule has 0 atom stereocenters. The van der Waals surface area contributed by atoms with Crippen LogP contribution in [0.25, 0.3) is 0 Å². The molecular weight excluding hydrogens is 353 g/mol. The molecule has 2 aromatic carbocycles. The maximum atomic E-state index is 13.0. The SMILES string of the molecule is COc1ccc(S(=O)(=O)NCC(C)(C)c2ccc(F)cc2)cc1Cl. The topological polar surface area (TPSA) is 55.4 Å². The first kappa shape index (κ1) is 18.7. The number of benzene rings is 2. The quantitative estimate of drug-likeness (QED) is 0.841. The summed E-state index contributed by atoms with van der Waals surface area (Å²) >= 11 is 5.98. The minimum atomic E-state index is -3.72. The van der Waals surface area contributed by atoms with Gasteiger partial charge in [-0.25, -0.2) is 17.5 Å². The van der Waals surface area contributed by atoms with Gasteiger partial charge in [-0.15, -0.1) is 0 Å². The Labute approximate surface area is 146 Å². The van der Waals surface area contributed by atoms with Gasteiger partial charge in [-0.3, -0.25) is 0 Å². The number of sulfonamides is 1. The van der Waals surface area contributed by atoms with E-state index >= 15 is 0 Å². The zero-order chi connectivity index (χ0) is 18.0. The molecular formula is C17H19ClFNO3S. The molecule has 0 bridgehead atoms. The molecule has 4 nitrogen and oxygen atoms in total. The zero-order valence-corrected chi connectivity index (χ0v) is 15.2. The van der Waals surface area contributed by atoms with Crippen molar-refractivity contribution in [3.05, 3.63) is 58.9 Å². The van der Waals surface area contributed by atoms with Gasteiger partial charge in [-0.05, 0) is 35.9 Å². The Hall–Kier alpha value is -1.63. The molecule has 0 aliphatic heterocycles. The normalized spacial score (nSPS) is 12.2. The summed E-state index contributed by atoms with van der Waals surface area (Å²) in [6.45, 7) is 3.91. The molecule has 0 heterocycles. The molecule has 0 spiro atoms. The summed E-state index contributed by atoms with van der Waals surface area (Å²) in [6.07, 6.45) is 0. The van der Waals surface area contributed by atoms with Crippen molar-refractivity contribution >= 4 is 21.6 Å². The van der Waals surface area contributed by atoms with E-state index in [0.717, 1.165) is 5.56 Å². The number of ether oxygens (including phenoxy) is 1. The molecule has 0 amide bonds. The smallest absolute Gasteiger partial charge is 0.240 e. The zero-order valence-electron chi connectivity index (χ0n) is 13.6. The van der Waals surface area contributed by atoms with Gasteiger partial charge in [0.2, 0.25) is 10.0 Å². The van der Waals surface area contributed by atoms with Crippen LogP contribution in [0, 0.1) is 5.82 Å². The molecule has 0 aliphatic carbocycles. The van der Waals surface area contributed by atoms with Crippen LogP contribution in [-0.4, -0.2) is 22.1 Å². The predicted octanol–water partition coefficient (Wildman–Crippen LogP) is 3.74. The Morgan fingerprint density at radius 1 is 1.17 bits per heavy atom. The summed E-state index contributed by atoms with van der Waals surface area (Å²) in [7, 11) is -2.26. The lowest BCUT2D eigenvalue weighted by Crippen LogP contribution is -2.36. The Balaban J connectivity index is 2.17. The average Bonchev–Trinajstić information content (AvgIpc) is 2.53. The number of nitrogens with one attached hydrogen (secondary N) is 1. The molecule has 0 aliphatic rings. The van der Waals surface area contributed by atoms with Crippen LogP contribution in [0.5, 0.6) is 5.75 Å². The predicted molar refractivity (Wildman–Crippen MR) is 92.6 cm³/mol. The van der Waals surface area contributed by atoms with Crippen LogP contribution in [-0.2, 0) is 15.4 Å². The lowest BCUT2D eigenvalue weighted by atomic mass is 9.85. The molecule has 130 valence electrons. The van der Waals surface area contributed by atoms with E-state index in [1.807, 2.05) is 13.8 Å².